The van der Waals surface area contributed by atoms with Crippen molar-refractivity contribution in [2.45, 2.75) is 19.3 Å². The number of halogens is 1. The Morgan fingerprint density at radius 3 is 2.80 bits per heavy atom. The Labute approximate surface area is 166 Å². The largest absolute Gasteiger partial charge is 0.381 e. The maximum absolute atomic E-state index is 12.1. The molecule has 7 heteroatoms. The standard InChI is InChI=1S/C18H26N4O2.HI/c1-19-18(21-13-14-6-10-24-11-7-14)20-8-9-22-16-5-3-2-4-15(16)12-17(22)23;/h2-5,14H,6-13H2,1H3,(H2,19,20,21);1H. The number of amides is 1. The van der Waals surface area contributed by atoms with Crippen molar-refractivity contribution < 1.29 is 9.53 Å². The summed E-state index contributed by atoms with van der Waals surface area (Å²) < 4.78 is 5.38. The molecule has 1 aromatic carbocycles. The van der Waals surface area contributed by atoms with E-state index in [-0.39, 0.29) is 29.9 Å². The molecule has 0 atom stereocenters. The van der Waals surface area contributed by atoms with Crippen molar-refractivity contribution in [1.29, 1.82) is 0 Å². The first-order valence-electron chi connectivity index (χ1n) is 8.68. The van der Waals surface area contributed by atoms with Gasteiger partial charge in [0.2, 0.25) is 5.91 Å². The Morgan fingerprint density at radius 2 is 2.04 bits per heavy atom. The van der Waals surface area contributed by atoms with E-state index in [0.717, 1.165) is 49.8 Å². The van der Waals surface area contributed by atoms with E-state index in [4.69, 9.17) is 4.74 Å². The van der Waals surface area contributed by atoms with Gasteiger partial charge in [-0.1, -0.05) is 18.2 Å². The highest BCUT2D eigenvalue weighted by molar-refractivity contribution is 14.0. The van der Waals surface area contributed by atoms with Gasteiger partial charge in [-0.25, -0.2) is 0 Å². The monoisotopic (exact) mass is 458 g/mol. The molecule has 0 bridgehead atoms. The van der Waals surface area contributed by atoms with E-state index in [2.05, 4.69) is 15.6 Å². The van der Waals surface area contributed by atoms with Crippen LogP contribution in [-0.4, -0.2) is 51.8 Å². The molecule has 2 aliphatic heterocycles. The number of anilines is 1. The highest BCUT2D eigenvalue weighted by Gasteiger charge is 2.26. The predicted molar refractivity (Wildman–Crippen MR) is 111 cm³/mol. The normalized spacial score (nSPS) is 17.9. The second-order valence-electron chi connectivity index (χ2n) is 6.29. The second-order valence-corrected chi connectivity index (χ2v) is 6.29. The Morgan fingerprint density at radius 1 is 1.28 bits per heavy atom. The third kappa shape index (κ3) is 5.31. The number of aliphatic imine (C=N–C) groups is 1. The number of guanidine groups is 1. The van der Waals surface area contributed by atoms with E-state index >= 15 is 0 Å². The van der Waals surface area contributed by atoms with E-state index in [0.29, 0.717) is 25.4 Å². The van der Waals surface area contributed by atoms with Crippen LogP contribution in [0.3, 0.4) is 0 Å². The van der Waals surface area contributed by atoms with Crippen LogP contribution in [0.15, 0.2) is 29.3 Å². The number of carbonyl (C=O) groups excluding carboxylic acids is 1. The van der Waals surface area contributed by atoms with Crippen molar-refractivity contribution in [2.24, 2.45) is 10.9 Å². The van der Waals surface area contributed by atoms with Gasteiger partial charge in [0.25, 0.3) is 0 Å². The molecule has 0 spiro atoms. The number of rotatable bonds is 5. The average Bonchev–Trinajstić information content (AvgIpc) is 2.94. The minimum Gasteiger partial charge on any atom is -0.381 e. The molecule has 138 valence electrons. The fourth-order valence-electron chi connectivity index (χ4n) is 3.26. The number of hydrogen-bond donors (Lipinski definition) is 2. The van der Waals surface area contributed by atoms with Gasteiger partial charge in [0.1, 0.15) is 0 Å². The van der Waals surface area contributed by atoms with Gasteiger partial charge in [0, 0.05) is 45.6 Å². The zero-order valence-corrected chi connectivity index (χ0v) is 17.0. The highest BCUT2D eigenvalue weighted by atomic mass is 127. The minimum atomic E-state index is 0. The first kappa shape index (κ1) is 20.0. The molecule has 2 heterocycles. The third-order valence-corrected chi connectivity index (χ3v) is 4.68. The molecule has 6 nitrogen and oxygen atoms in total. The van der Waals surface area contributed by atoms with Crippen LogP contribution in [0, 0.1) is 5.92 Å². The van der Waals surface area contributed by atoms with E-state index in [1.165, 1.54) is 0 Å². The molecular weight excluding hydrogens is 431 g/mol. The van der Waals surface area contributed by atoms with Crippen LogP contribution >= 0.6 is 24.0 Å². The SMILES string of the molecule is CN=C(NCCN1C(=O)Cc2ccccc21)NCC1CCOCC1.I. The summed E-state index contributed by atoms with van der Waals surface area (Å²) >= 11 is 0. The molecule has 2 aliphatic rings. The van der Waals surface area contributed by atoms with Gasteiger partial charge in [-0.15, -0.1) is 24.0 Å². The molecular formula is C18H27IN4O2. The Kier molecular flexibility index (Phi) is 7.95. The van der Waals surface area contributed by atoms with Crippen LogP contribution in [0.5, 0.6) is 0 Å². The first-order valence-corrected chi connectivity index (χ1v) is 8.68. The van der Waals surface area contributed by atoms with Crippen LogP contribution in [0.4, 0.5) is 5.69 Å². The Balaban J connectivity index is 0.00000225. The number of benzene rings is 1. The highest BCUT2D eigenvalue weighted by Crippen LogP contribution is 2.27. The van der Waals surface area contributed by atoms with E-state index in [9.17, 15) is 4.79 Å². The van der Waals surface area contributed by atoms with Crippen molar-refractivity contribution in [3.8, 4) is 0 Å². The van der Waals surface area contributed by atoms with Crippen molar-refractivity contribution in [3.05, 3.63) is 29.8 Å². The van der Waals surface area contributed by atoms with E-state index in [1.54, 1.807) is 7.05 Å². The smallest absolute Gasteiger partial charge is 0.231 e. The lowest BCUT2D eigenvalue weighted by Gasteiger charge is -2.23. The van der Waals surface area contributed by atoms with Gasteiger partial charge in [-0.05, 0) is 30.4 Å². The van der Waals surface area contributed by atoms with Crippen LogP contribution in [-0.2, 0) is 16.0 Å². The number of carbonyl (C=O) groups is 1. The first-order chi connectivity index (χ1) is 11.8. The summed E-state index contributed by atoms with van der Waals surface area (Å²) in [4.78, 5) is 18.3. The van der Waals surface area contributed by atoms with Gasteiger partial charge in [0.05, 0.1) is 6.42 Å². The van der Waals surface area contributed by atoms with Gasteiger partial charge < -0.3 is 20.3 Å². The molecule has 0 radical (unpaired) electrons. The van der Waals surface area contributed by atoms with Crippen LogP contribution < -0.4 is 15.5 Å². The number of nitrogens with one attached hydrogen (secondary N) is 2. The number of nitrogens with zero attached hydrogens (tertiary/aromatic N) is 2. The molecule has 0 unspecified atom stereocenters. The predicted octanol–water partition coefficient (Wildman–Crippen LogP) is 1.79. The van der Waals surface area contributed by atoms with Gasteiger partial charge in [0.15, 0.2) is 5.96 Å². The van der Waals surface area contributed by atoms with Gasteiger partial charge >= 0.3 is 0 Å². The lowest BCUT2D eigenvalue weighted by atomic mass is 10.0. The fraction of sp³-hybridized carbons (Fsp3) is 0.556. The maximum atomic E-state index is 12.1. The summed E-state index contributed by atoms with van der Waals surface area (Å²) in [5, 5.41) is 6.68. The van der Waals surface area contributed by atoms with E-state index < -0.39 is 0 Å². The lowest BCUT2D eigenvalue weighted by Crippen LogP contribution is -2.44. The van der Waals surface area contributed by atoms with E-state index in [1.807, 2.05) is 29.2 Å². The molecule has 25 heavy (non-hydrogen) atoms. The Bertz CT molecular complexity index is 602. The third-order valence-electron chi connectivity index (χ3n) is 4.68. The van der Waals surface area contributed by atoms with Crippen molar-refractivity contribution in [1.82, 2.24) is 10.6 Å². The molecule has 1 amide bonds. The molecule has 0 saturated carbocycles. The molecule has 1 saturated heterocycles. The van der Waals surface area contributed by atoms with Crippen LogP contribution in [0.1, 0.15) is 18.4 Å². The Hall–Kier alpha value is -1.35. The maximum Gasteiger partial charge on any atom is 0.231 e. The molecule has 1 aromatic rings. The quantitative estimate of drug-likeness (QED) is 0.401. The van der Waals surface area contributed by atoms with Crippen LogP contribution in [0.2, 0.25) is 0 Å². The number of hydrogen-bond acceptors (Lipinski definition) is 3. The van der Waals surface area contributed by atoms with Crippen molar-refractivity contribution in [2.75, 3.05) is 44.8 Å². The summed E-state index contributed by atoms with van der Waals surface area (Å²) in [6, 6.07) is 8.00. The summed E-state index contributed by atoms with van der Waals surface area (Å²) in [6.07, 6.45) is 2.71. The summed E-state index contributed by atoms with van der Waals surface area (Å²) in [5.74, 6) is 1.61. The summed E-state index contributed by atoms with van der Waals surface area (Å²) in [7, 11) is 1.77. The zero-order chi connectivity index (χ0) is 16.8. The van der Waals surface area contributed by atoms with Gasteiger partial charge in [-0.3, -0.25) is 9.79 Å². The lowest BCUT2D eigenvalue weighted by molar-refractivity contribution is -0.117. The molecule has 0 aliphatic carbocycles. The topological polar surface area (TPSA) is 66.0 Å². The number of para-hydroxylation sites is 1. The van der Waals surface area contributed by atoms with Gasteiger partial charge in [-0.2, -0.15) is 0 Å². The van der Waals surface area contributed by atoms with Crippen molar-refractivity contribution >= 4 is 41.5 Å². The zero-order valence-electron chi connectivity index (χ0n) is 14.7. The fourth-order valence-corrected chi connectivity index (χ4v) is 3.26. The minimum absolute atomic E-state index is 0. The van der Waals surface area contributed by atoms with Crippen molar-refractivity contribution in [3.63, 3.8) is 0 Å². The molecule has 2 N–H and O–H groups in total. The number of ether oxygens (including phenoxy) is 1. The van der Waals surface area contributed by atoms with Crippen LogP contribution in [0.25, 0.3) is 0 Å². The molecule has 3 rings (SSSR count). The second kappa shape index (κ2) is 9.96. The molecule has 0 aromatic heterocycles. The average molecular weight is 458 g/mol. The summed E-state index contributed by atoms with van der Waals surface area (Å²) in [6.45, 7) is 3.94. The summed E-state index contributed by atoms with van der Waals surface area (Å²) in [5.41, 5.74) is 2.15. The molecule has 1 fully saturated rings. The number of fused-ring (bicyclic) bond motifs is 1.